The quantitative estimate of drug-likeness (QED) is 0.522. The van der Waals surface area contributed by atoms with E-state index in [1.54, 1.807) is 14.2 Å². The number of methoxy groups -OCH3 is 2. The Hall–Kier alpha value is -3.80. The summed E-state index contributed by atoms with van der Waals surface area (Å²) in [4.78, 5) is 17.8. The number of hydrogen-bond donors (Lipinski definition) is 1. The van der Waals surface area contributed by atoms with Gasteiger partial charge >= 0.3 is 0 Å². The number of amides is 1. The molecule has 0 aliphatic carbocycles. The first kappa shape index (κ1) is 22.9. The second-order valence-electron chi connectivity index (χ2n) is 7.44. The molecule has 0 atom stereocenters. The fourth-order valence-corrected chi connectivity index (χ4v) is 3.29. The third kappa shape index (κ3) is 6.35. The van der Waals surface area contributed by atoms with Crippen molar-refractivity contribution >= 4 is 29.4 Å². The lowest BCUT2D eigenvalue weighted by atomic mass is 10.1. The fraction of sp³-hybridized carbons (Fsp3) is 0.231. The smallest absolute Gasteiger partial charge is 0.221 e. The predicted molar refractivity (Wildman–Crippen MR) is 130 cm³/mol. The van der Waals surface area contributed by atoms with Crippen molar-refractivity contribution in [1.29, 1.82) is 0 Å². The molecular formula is C26H29N3O3. The molecule has 166 valence electrons. The SMILES string of the molecule is COc1ccc(CCN(C)c2ccnc(/C=C/c3ccc(NC(C)=O)cc3)c2)cc1OC. The van der Waals surface area contributed by atoms with Crippen LogP contribution < -0.4 is 19.7 Å². The molecule has 0 unspecified atom stereocenters. The highest BCUT2D eigenvalue weighted by atomic mass is 16.5. The summed E-state index contributed by atoms with van der Waals surface area (Å²) in [6.45, 7) is 2.35. The molecule has 3 aromatic rings. The molecule has 0 spiro atoms. The average molecular weight is 432 g/mol. The molecule has 32 heavy (non-hydrogen) atoms. The molecule has 1 aromatic heterocycles. The molecule has 0 saturated carbocycles. The number of carbonyl (C=O) groups excluding carboxylic acids is 1. The number of nitrogens with zero attached hydrogens (tertiary/aromatic N) is 2. The summed E-state index contributed by atoms with van der Waals surface area (Å²) in [5.74, 6) is 1.40. The molecule has 1 N–H and O–H groups in total. The zero-order chi connectivity index (χ0) is 22.9. The highest BCUT2D eigenvalue weighted by Crippen LogP contribution is 2.28. The molecule has 0 saturated heterocycles. The van der Waals surface area contributed by atoms with Crippen molar-refractivity contribution < 1.29 is 14.3 Å². The van der Waals surface area contributed by atoms with Gasteiger partial charge in [-0.05, 0) is 60.0 Å². The molecule has 1 amide bonds. The largest absolute Gasteiger partial charge is 0.493 e. The van der Waals surface area contributed by atoms with Crippen LogP contribution in [-0.4, -0.2) is 38.7 Å². The third-order valence-corrected chi connectivity index (χ3v) is 5.07. The van der Waals surface area contributed by atoms with Crippen molar-refractivity contribution in [2.24, 2.45) is 0 Å². The van der Waals surface area contributed by atoms with Crippen LogP contribution in [0.2, 0.25) is 0 Å². The summed E-state index contributed by atoms with van der Waals surface area (Å²) in [5, 5.41) is 2.77. The van der Waals surface area contributed by atoms with Gasteiger partial charge in [0.05, 0.1) is 19.9 Å². The number of rotatable bonds is 9. The van der Waals surface area contributed by atoms with E-state index in [-0.39, 0.29) is 5.91 Å². The van der Waals surface area contributed by atoms with Crippen LogP contribution in [0.15, 0.2) is 60.8 Å². The van der Waals surface area contributed by atoms with Gasteiger partial charge in [-0.15, -0.1) is 0 Å². The Labute approximate surface area is 189 Å². The minimum absolute atomic E-state index is 0.0791. The van der Waals surface area contributed by atoms with Crippen LogP contribution in [0.3, 0.4) is 0 Å². The third-order valence-electron chi connectivity index (χ3n) is 5.07. The van der Waals surface area contributed by atoms with Crippen molar-refractivity contribution in [2.75, 3.05) is 38.0 Å². The summed E-state index contributed by atoms with van der Waals surface area (Å²) in [6.07, 6.45) is 6.69. The second-order valence-corrected chi connectivity index (χ2v) is 7.44. The van der Waals surface area contributed by atoms with E-state index in [9.17, 15) is 4.79 Å². The summed E-state index contributed by atoms with van der Waals surface area (Å²) in [6, 6.07) is 17.8. The van der Waals surface area contributed by atoms with Gasteiger partial charge < -0.3 is 19.7 Å². The van der Waals surface area contributed by atoms with Gasteiger partial charge in [0.2, 0.25) is 5.91 Å². The van der Waals surface area contributed by atoms with E-state index in [1.807, 2.05) is 60.8 Å². The van der Waals surface area contributed by atoms with Crippen LogP contribution in [-0.2, 0) is 11.2 Å². The topological polar surface area (TPSA) is 63.7 Å². The zero-order valence-electron chi connectivity index (χ0n) is 19.0. The fourth-order valence-electron chi connectivity index (χ4n) is 3.29. The van der Waals surface area contributed by atoms with E-state index in [4.69, 9.17) is 9.47 Å². The Morgan fingerprint density at radius 2 is 1.75 bits per heavy atom. The number of carbonyl (C=O) groups is 1. The number of anilines is 2. The molecular weight excluding hydrogens is 402 g/mol. The Morgan fingerprint density at radius 1 is 1.00 bits per heavy atom. The Morgan fingerprint density at radius 3 is 2.44 bits per heavy atom. The lowest BCUT2D eigenvalue weighted by Gasteiger charge is -2.20. The molecule has 0 radical (unpaired) electrons. The zero-order valence-corrected chi connectivity index (χ0v) is 19.0. The van der Waals surface area contributed by atoms with Crippen LogP contribution in [0.25, 0.3) is 12.2 Å². The van der Waals surface area contributed by atoms with Gasteiger partial charge in [-0.3, -0.25) is 9.78 Å². The van der Waals surface area contributed by atoms with Gasteiger partial charge in [0.25, 0.3) is 0 Å². The summed E-state index contributed by atoms with van der Waals surface area (Å²) in [5.41, 5.74) is 4.98. The maximum Gasteiger partial charge on any atom is 0.221 e. The van der Waals surface area contributed by atoms with Gasteiger partial charge in [-0.2, -0.15) is 0 Å². The molecule has 6 nitrogen and oxygen atoms in total. The number of pyridine rings is 1. The number of hydrogen-bond acceptors (Lipinski definition) is 5. The van der Waals surface area contributed by atoms with Crippen LogP contribution in [0.1, 0.15) is 23.7 Å². The molecule has 6 heteroatoms. The van der Waals surface area contributed by atoms with Crippen LogP contribution in [0.5, 0.6) is 11.5 Å². The van der Waals surface area contributed by atoms with E-state index >= 15 is 0 Å². The standard InChI is InChI=1S/C26H29N3O3/c1-19(30)28-22-9-5-20(6-10-22)7-11-23-18-24(13-15-27-23)29(2)16-14-21-8-12-25(31-3)26(17-21)32-4/h5-13,15,17-18H,14,16H2,1-4H3,(H,28,30)/b11-7+. The summed E-state index contributed by atoms with van der Waals surface area (Å²) < 4.78 is 10.7. The lowest BCUT2D eigenvalue weighted by molar-refractivity contribution is -0.114. The Bertz CT molecular complexity index is 1080. The van der Waals surface area contributed by atoms with Crippen molar-refractivity contribution in [3.63, 3.8) is 0 Å². The van der Waals surface area contributed by atoms with Gasteiger partial charge in [-0.1, -0.05) is 24.3 Å². The first-order valence-electron chi connectivity index (χ1n) is 10.4. The van der Waals surface area contributed by atoms with Crippen LogP contribution >= 0.6 is 0 Å². The molecule has 1 heterocycles. The first-order chi connectivity index (χ1) is 15.5. The van der Waals surface area contributed by atoms with Gasteiger partial charge in [-0.25, -0.2) is 0 Å². The maximum absolute atomic E-state index is 11.1. The van der Waals surface area contributed by atoms with Crippen molar-refractivity contribution in [2.45, 2.75) is 13.3 Å². The van der Waals surface area contributed by atoms with Gasteiger partial charge in [0, 0.05) is 38.1 Å². The van der Waals surface area contributed by atoms with E-state index in [0.717, 1.165) is 47.1 Å². The molecule has 2 aromatic carbocycles. The monoisotopic (exact) mass is 431 g/mol. The van der Waals surface area contributed by atoms with E-state index in [2.05, 4.69) is 34.4 Å². The number of ether oxygens (including phenoxy) is 2. The van der Waals surface area contributed by atoms with Gasteiger partial charge in [0.1, 0.15) is 0 Å². The van der Waals surface area contributed by atoms with Crippen LogP contribution in [0, 0.1) is 0 Å². The average Bonchev–Trinajstić information content (AvgIpc) is 2.81. The van der Waals surface area contributed by atoms with E-state index in [0.29, 0.717) is 0 Å². The van der Waals surface area contributed by atoms with Crippen molar-refractivity contribution in [1.82, 2.24) is 4.98 Å². The minimum atomic E-state index is -0.0791. The highest BCUT2D eigenvalue weighted by Gasteiger charge is 2.07. The van der Waals surface area contributed by atoms with E-state index < -0.39 is 0 Å². The van der Waals surface area contributed by atoms with Gasteiger partial charge in [0.15, 0.2) is 11.5 Å². The molecule has 0 aliphatic rings. The highest BCUT2D eigenvalue weighted by molar-refractivity contribution is 5.88. The number of nitrogens with one attached hydrogen (secondary N) is 1. The van der Waals surface area contributed by atoms with Crippen molar-refractivity contribution in [3.05, 3.63) is 77.6 Å². The Balaban J connectivity index is 1.62. The van der Waals surface area contributed by atoms with E-state index in [1.165, 1.54) is 12.5 Å². The molecule has 0 aliphatic heterocycles. The predicted octanol–water partition coefficient (Wildman–Crippen LogP) is 4.91. The maximum atomic E-state index is 11.1. The summed E-state index contributed by atoms with van der Waals surface area (Å²) >= 11 is 0. The first-order valence-corrected chi connectivity index (χ1v) is 10.4. The number of benzene rings is 2. The number of aromatic nitrogens is 1. The van der Waals surface area contributed by atoms with Crippen LogP contribution in [0.4, 0.5) is 11.4 Å². The summed E-state index contributed by atoms with van der Waals surface area (Å²) in [7, 11) is 5.36. The van der Waals surface area contributed by atoms with Crippen molar-refractivity contribution in [3.8, 4) is 11.5 Å². The molecule has 0 fully saturated rings. The number of likely N-dealkylation sites (N-methyl/N-ethyl adjacent to an activating group) is 1. The minimum Gasteiger partial charge on any atom is -0.493 e. The molecule has 3 rings (SSSR count). The second kappa shape index (κ2) is 11.0. The normalized spacial score (nSPS) is 10.8. The molecule has 0 bridgehead atoms. The lowest BCUT2D eigenvalue weighted by Crippen LogP contribution is -2.20. The Kier molecular flexibility index (Phi) is 7.86.